The standard InChI is InChI=1S/C23H22N2O4S/c1-29-20-13-11-19(12-14-20)24-23(26)18-7-4-9-21(16-18)30(27,28)25-15-5-8-17-6-2-3-10-22(17)25/h2-4,6-7,9-14,16H,5,8,15H2,1H3,(H,24,26). The Balaban J connectivity index is 1.60. The highest BCUT2D eigenvalue weighted by atomic mass is 32.2. The van der Waals surface area contributed by atoms with E-state index in [1.807, 2.05) is 24.3 Å². The van der Waals surface area contributed by atoms with E-state index in [2.05, 4.69) is 5.32 Å². The van der Waals surface area contributed by atoms with E-state index in [0.717, 1.165) is 18.4 Å². The molecule has 3 aromatic rings. The van der Waals surface area contributed by atoms with E-state index in [4.69, 9.17) is 4.74 Å². The van der Waals surface area contributed by atoms with Gasteiger partial charge in [0, 0.05) is 17.8 Å². The van der Waals surface area contributed by atoms with Crippen molar-refractivity contribution in [1.29, 1.82) is 0 Å². The molecule has 4 rings (SSSR count). The molecule has 154 valence electrons. The van der Waals surface area contributed by atoms with Gasteiger partial charge in [-0.2, -0.15) is 0 Å². The maximum atomic E-state index is 13.3. The molecule has 0 radical (unpaired) electrons. The van der Waals surface area contributed by atoms with Crippen molar-refractivity contribution in [3.8, 4) is 5.75 Å². The lowest BCUT2D eigenvalue weighted by Crippen LogP contribution is -2.35. The number of aryl methyl sites for hydroxylation is 1. The third kappa shape index (κ3) is 3.89. The van der Waals surface area contributed by atoms with E-state index in [-0.39, 0.29) is 16.4 Å². The van der Waals surface area contributed by atoms with Crippen LogP contribution in [0.5, 0.6) is 5.75 Å². The van der Waals surface area contributed by atoms with Gasteiger partial charge in [-0.25, -0.2) is 8.42 Å². The third-order valence-corrected chi connectivity index (χ3v) is 6.91. The third-order valence-electron chi connectivity index (χ3n) is 5.10. The molecule has 1 aliphatic heterocycles. The van der Waals surface area contributed by atoms with Gasteiger partial charge in [-0.15, -0.1) is 0 Å². The molecule has 0 spiro atoms. The van der Waals surface area contributed by atoms with E-state index < -0.39 is 10.0 Å². The van der Waals surface area contributed by atoms with Gasteiger partial charge in [-0.05, 0) is 66.9 Å². The van der Waals surface area contributed by atoms with Crippen LogP contribution in [0.2, 0.25) is 0 Å². The second-order valence-corrected chi connectivity index (χ2v) is 8.88. The van der Waals surface area contributed by atoms with E-state index in [0.29, 0.717) is 23.7 Å². The molecule has 3 aromatic carbocycles. The van der Waals surface area contributed by atoms with Crippen molar-refractivity contribution in [1.82, 2.24) is 0 Å². The molecule has 0 atom stereocenters. The molecule has 7 heteroatoms. The van der Waals surface area contributed by atoms with Gasteiger partial charge in [0.05, 0.1) is 17.7 Å². The second kappa shape index (κ2) is 8.20. The topological polar surface area (TPSA) is 75.7 Å². The lowest BCUT2D eigenvalue weighted by Gasteiger charge is -2.30. The summed E-state index contributed by atoms with van der Waals surface area (Å²) in [4.78, 5) is 12.8. The Bertz CT molecular complexity index is 1170. The Morgan fingerprint density at radius 1 is 1.00 bits per heavy atom. The van der Waals surface area contributed by atoms with Crippen molar-refractivity contribution in [2.24, 2.45) is 0 Å². The average Bonchev–Trinajstić information content (AvgIpc) is 2.79. The summed E-state index contributed by atoms with van der Waals surface area (Å²) in [6.07, 6.45) is 1.61. The summed E-state index contributed by atoms with van der Waals surface area (Å²) in [6, 6.07) is 20.6. The number of benzene rings is 3. The number of nitrogens with zero attached hydrogens (tertiary/aromatic N) is 1. The maximum Gasteiger partial charge on any atom is 0.264 e. The van der Waals surface area contributed by atoms with Crippen LogP contribution in [0.25, 0.3) is 0 Å². The largest absolute Gasteiger partial charge is 0.497 e. The van der Waals surface area contributed by atoms with Crippen LogP contribution in [0, 0.1) is 0 Å². The number of sulfonamides is 1. The van der Waals surface area contributed by atoms with E-state index in [1.54, 1.807) is 43.5 Å². The number of rotatable bonds is 5. The second-order valence-electron chi connectivity index (χ2n) is 7.02. The predicted molar refractivity (Wildman–Crippen MR) is 117 cm³/mol. The highest BCUT2D eigenvalue weighted by Gasteiger charge is 2.29. The molecular weight excluding hydrogens is 400 g/mol. The lowest BCUT2D eigenvalue weighted by atomic mass is 10.0. The SMILES string of the molecule is COc1ccc(NC(=O)c2cccc(S(=O)(=O)N3CCCc4ccccc43)c2)cc1. The number of methoxy groups -OCH3 is 1. The van der Waals surface area contributed by atoms with Crippen LogP contribution in [0.3, 0.4) is 0 Å². The number of carbonyl (C=O) groups is 1. The van der Waals surface area contributed by atoms with Crippen molar-refractivity contribution in [2.75, 3.05) is 23.3 Å². The van der Waals surface area contributed by atoms with E-state index in [1.165, 1.54) is 16.4 Å². The highest BCUT2D eigenvalue weighted by molar-refractivity contribution is 7.92. The summed E-state index contributed by atoms with van der Waals surface area (Å²) in [5.41, 5.74) is 2.59. The molecule has 1 amide bonds. The summed E-state index contributed by atoms with van der Waals surface area (Å²) >= 11 is 0. The van der Waals surface area contributed by atoms with Crippen LogP contribution in [0.1, 0.15) is 22.3 Å². The molecule has 0 saturated carbocycles. The van der Waals surface area contributed by atoms with Crippen LogP contribution in [-0.2, 0) is 16.4 Å². The summed E-state index contributed by atoms with van der Waals surface area (Å²) in [7, 11) is -2.21. The Morgan fingerprint density at radius 3 is 2.53 bits per heavy atom. The van der Waals surface area contributed by atoms with E-state index >= 15 is 0 Å². The minimum Gasteiger partial charge on any atom is -0.497 e. The van der Waals surface area contributed by atoms with Crippen molar-refractivity contribution in [3.05, 3.63) is 83.9 Å². The van der Waals surface area contributed by atoms with Crippen molar-refractivity contribution in [3.63, 3.8) is 0 Å². The smallest absolute Gasteiger partial charge is 0.264 e. The molecule has 0 saturated heterocycles. The molecule has 0 unspecified atom stereocenters. The van der Waals surface area contributed by atoms with Crippen LogP contribution >= 0.6 is 0 Å². The Kier molecular flexibility index (Phi) is 5.46. The number of hydrogen-bond donors (Lipinski definition) is 1. The first-order chi connectivity index (χ1) is 14.5. The van der Waals surface area contributed by atoms with E-state index in [9.17, 15) is 13.2 Å². The first kappa shape index (κ1) is 20.0. The minimum atomic E-state index is -3.78. The fourth-order valence-corrected chi connectivity index (χ4v) is 5.14. The fourth-order valence-electron chi connectivity index (χ4n) is 3.55. The highest BCUT2D eigenvalue weighted by Crippen LogP contribution is 2.32. The van der Waals surface area contributed by atoms with Crippen LogP contribution in [-0.4, -0.2) is 28.0 Å². The number of para-hydroxylation sites is 1. The quantitative estimate of drug-likeness (QED) is 0.672. The number of ether oxygens (including phenoxy) is 1. The number of hydrogen-bond acceptors (Lipinski definition) is 4. The van der Waals surface area contributed by atoms with Crippen molar-refractivity contribution in [2.45, 2.75) is 17.7 Å². The first-order valence-electron chi connectivity index (χ1n) is 9.65. The number of fused-ring (bicyclic) bond motifs is 1. The molecule has 0 bridgehead atoms. The fraction of sp³-hybridized carbons (Fsp3) is 0.174. The molecule has 1 aliphatic rings. The molecule has 1 N–H and O–H groups in total. The normalized spacial score (nSPS) is 13.4. The summed E-state index contributed by atoms with van der Waals surface area (Å²) in [6.45, 7) is 0.418. The summed E-state index contributed by atoms with van der Waals surface area (Å²) in [5.74, 6) is 0.305. The molecule has 6 nitrogen and oxygen atoms in total. The Labute approximate surface area is 176 Å². The van der Waals surface area contributed by atoms with Gasteiger partial charge in [0.1, 0.15) is 5.75 Å². The summed E-state index contributed by atoms with van der Waals surface area (Å²) < 4.78 is 33.2. The zero-order valence-electron chi connectivity index (χ0n) is 16.5. The number of carbonyl (C=O) groups excluding carboxylic acids is 1. The monoisotopic (exact) mass is 422 g/mol. The lowest BCUT2D eigenvalue weighted by molar-refractivity contribution is 0.102. The van der Waals surface area contributed by atoms with Crippen LogP contribution in [0.15, 0.2) is 77.7 Å². The van der Waals surface area contributed by atoms with Gasteiger partial charge in [0.15, 0.2) is 0 Å². The zero-order chi connectivity index (χ0) is 21.1. The maximum absolute atomic E-state index is 13.3. The van der Waals surface area contributed by atoms with Gasteiger partial charge >= 0.3 is 0 Å². The number of amides is 1. The molecule has 1 heterocycles. The van der Waals surface area contributed by atoms with Crippen LogP contribution < -0.4 is 14.4 Å². The Hall–Kier alpha value is -3.32. The van der Waals surface area contributed by atoms with Crippen molar-refractivity contribution >= 4 is 27.3 Å². The average molecular weight is 423 g/mol. The molecule has 30 heavy (non-hydrogen) atoms. The first-order valence-corrected chi connectivity index (χ1v) is 11.1. The van der Waals surface area contributed by atoms with Gasteiger partial charge in [0.25, 0.3) is 15.9 Å². The van der Waals surface area contributed by atoms with Crippen molar-refractivity contribution < 1.29 is 17.9 Å². The van der Waals surface area contributed by atoms with Gasteiger partial charge < -0.3 is 10.1 Å². The Morgan fingerprint density at radius 2 is 1.77 bits per heavy atom. The molecule has 0 aromatic heterocycles. The van der Waals surface area contributed by atoms with Gasteiger partial charge in [-0.1, -0.05) is 24.3 Å². The molecule has 0 aliphatic carbocycles. The van der Waals surface area contributed by atoms with Gasteiger partial charge in [0.2, 0.25) is 0 Å². The zero-order valence-corrected chi connectivity index (χ0v) is 17.4. The molecular formula is C23H22N2O4S. The van der Waals surface area contributed by atoms with Gasteiger partial charge in [-0.3, -0.25) is 9.10 Å². The summed E-state index contributed by atoms with van der Waals surface area (Å²) in [5, 5.41) is 2.78. The number of nitrogens with one attached hydrogen (secondary N) is 1. The minimum absolute atomic E-state index is 0.0987. The molecule has 0 fully saturated rings. The van der Waals surface area contributed by atoms with Crippen LogP contribution in [0.4, 0.5) is 11.4 Å². The predicted octanol–water partition coefficient (Wildman–Crippen LogP) is 4.09. The number of anilines is 2.